The summed E-state index contributed by atoms with van der Waals surface area (Å²) >= 11 is 0. The number of aryl methyl sites for hydroxylation is 2. The van der Waals surface area contributed by atoms with E-state index in [-0.39, 0.29) is 0 Å². The lowest BCUT2D eigenvalue weighted by atomic mass is 9.89. The number of nitrogens with one attached hydrogen (secondary N) is 1. The number of benzene rings is 1. The average molecular weight is 233 g/mol. The third-order valence-electron chi connectivity index (χ3n) is 3.62. The van der Waals surface area contributed by atoms with Crippen molar-refractivity contribution in [3.05, 3.63) is 34.9 Å². The molecule has 2 unspecified atom stereocenters. The zero-order valence-electron chi connectivity index (χ0n) is 11.1. The Morgan fingerprint density at radius 1 is 1.41 bits per heavy atom. The van der Waals surface area contributed by atoms with E-state index in [0.29, 0.717) is 12.0 Å². The first-order chi connectivity index (χ1) is 8.22. The molecule has 0 aromatic heterocycles. The summed E-state index contributed by atoms with van der Waals surface area (Å²) in [5.74, 6) is 0.622. The largest absolute Gasteiger partial charge is 0.381 e. The van der Waals surface area contributed by atoms with Crippen LogP contribution >= 0.6 is 0 Å². The summed E-state index contributed by atoms with van der Waals surface area (Å²) in [4.78, 5) is 0. The van der Waals surface area contributed by atoms with Crippen LogP contribution in [0.25, 0.3) is 0 Å². The van der Waals surface area contributed by atoms with Crippen LogP contribution in [0.2, 0.25) is 0 Å². The predicted molar refractivity (Wildman–Crippen MR) is 71.3 cm³/mol. The van der Waals surface area contributed by atoms with Crippen molar-refractivity contribution in [3.63, 3.8) is 0 Å². The second kappa shape index (κ2) is 5.65. The summed E-state index contributed by atoms with van der Waals surface area (Å²) in [7, 11) is 0. The fourth-order valence-electron chi connectivity index (χ4n) is 2.74. The standard InChI is InChI=1S/C15H23NO/c1-4-16-15(13-7-8-17-10-13)14-6-5-11(2)9-12(14)3/h5-6,9,13,15-16H,4,7-8,10H2,1-3H3. The van der Waals surface area contributed by atoms with Crippen molar-refractivity contribution in [2.45, 2.75) is 33.2 Å². The lowest BCUT2D eigenvalue weighted by Gasteiger charge is -2.25. The van der Waals surface area contributed by atoms with E-state index in [1.54, 1.807) is 0 Å². The summed E-state index contributed by atoms with van der Waals surface area (Å²) in [6.07, 6.45) is 1.17. The number of hydrogen-bond acceptors (Lipinski definition) is 2. The third-order valence-corrected chi connectivity index (χ3v) is 3.62. The molecule has 1 fully saturated rings. The highest BCUT2D eigenvalue weighted by Crippen LogP contribution is 2.30. The molecule has 2 rings (SSSR count). The van der Waals surface area contributed by atoms with Gasteiger partial charge in [0.15, 0.2) is 0 Å². The van der Waals surface area contributed by atoms with E-state index >= 15 is 0 Å². The van der Waals surface area contributed by atoms with Gasteiger partial charge in [0.05, 0.1) is 6.61 Å². The van der Waals surface area contributed by atoms with E-state index in [1.165, 1.54) is 23.1 Å². The van der Waals surface area contributed by atoms with Gasteiger partial charge in [-0.2, -0.15) is 0 Å². The molecule has 17 heavy (non-hydrogen) atoms. The molecule has 1 N–H and O–H groups in total. The van der Waals surface area contributed by atoms with Crippen molar-refractivity contribution in [1.29, 1.82) is 0 Å². The first kappa shape index (κ1) is 12.6. The van der Waals surface area contributed by atoms with Gasteiger partial charge in [-0.05, 0) is 37.9 Å². The molecule has 1 aliphatic heterocycles. The first-order valence-corrected chi connectivity index (χ1v) is 6.60. The fraction of sp³-hybridized carbons (Fsp3) is 0.600. The van der Waals surface area contributed by atoms with E-state index in [0.717, 1.165) is 19.8 Å². The van der Waals surface area contributed by atoms with Crippen LogP contribution in [0.4, 0.5) is 0 Å². The van der Waals surface area contributed by atoms with Gasteiger partial charge in [-0.25, -0.2) is 0 Å². The maximum absolute atomic E-state index is 5.53. The van der Waals surface area contributed by atoms with Crippen molar-refractivity contribution >= 4 is 0 Å². The van der Waals surface area contributed by atoms with E-state index in [4.69, 9.17) is 4.74 Å². The molecule has 1 aromatic rings. The monoisotopic (exact) mass is 233 g/mol. The van der Waals surface area contributed by atoms with Gasteiger partial charge in [0.1, 0.15) is 0 Å². The van der Waals surface area contributed by atoms with Gasteiger partial charge in [0.25, 0.3) is 0 Å². The molecule has 2 heteroatoms. The van der Waals surface area contributed by atoms with E-state index in [9.17, 15) is 0 Å². The maximum atomic E-state index is 5.53. The zero-order chi connectivity index (χ0) is 12.3. The molecule has 0 radical (unpaired) electrons. The van der Waals surface area contributed by atoms with E-state index in [1.807, 2.05) is 0 Å². The maximum Gasteiger partial charge on any atom is 0.0513 e. The minimum absolute atomic E-state index is 0.447. The van der Waals surface area contributed by atoms with Crippen LogP contribution in [0.3, 0.4) is 0 Å². The van der Waals surface area contributed by atoms with Crippen LogP contribution in [-0.2, 0) is 4.74 Å². The SMILES string of the molecule is CCNC(c1ccc(C)cc1C)C1CCOC1. The van der Waals surface area contributed by atoms with Crippen molar-refractivity contribution in [2.75, 3.05) is 19.8 Å². The molecule has 1 saturated heterocycles. The Kier molecular flexibility index (Phi) is 4.19. The minimum atomic E-state index is 0.447. The zero-order valence-corrected chi connectivity index (χ0v) is 11.1. The quantitative estimate of drug-likeness (QED) is 0.863. The Morgan fingerprint density at radius 3 is 2.82 bits per heavy atom. The number of hydrogen-bond donors (Lipinski definition) is 1. The van der Waals surface area contributed by atoms with Crippen LogP contribution < -0.4 is 5.32 Å². The second-order valence-electron chi connectivity index (χ2n) is 5.02. The molecule has 2 nitrogen and oxygen atoms in total. The number of rotatable bonds is 4. The topological polar surface area (TPSA) is 21.3 Å². The van der Waals surface area contributed by atoms with Crippen molar-refractivity contribution < 1.29 is 4.74 Å². The van der Waals surface area contributed by atoms with Crippen LogP contribution in [0, 0.1) is 19.8 Å². The molecule has 0 bridgehead atoms. The van der Waals surface area contributed by atoms with Crippen molar-refractivity contribution in [3.8, 4) is 0 Å². The molecular formula is C15H23NO. The van der Waals surface area contributed by atoms with Gasteiger partial charge >= 0.3 is 0 Å². The lowest BCUT2D eigenvalue weighted by Crippen LogP contribution is -2.29. The molecule has 1 aromatic carbocycles. The highest BCUT2D eigenvalue weighted by molar-refractivity contribution is 5.33. The Balaban J connectivity index is 2.24. The Labute approximate surface area is 104 Å². The minimum Gasteiger partial charge on any atom is -0.381 e. The highest BCUT2D eigenvalue weighted by Gasteiger charge is 2.27. The summed E-state index contributed by atoms with van der Waals surface area (Å²) < 4.78 is 5.53. The van der Waals surface area contributed by atoms with Crippen molar-refractivity contribution in [1.82, 2.24) is 5.32 Å². The van der Waals surface area contributed by atoms with Crippen LogP contribution in [0.5, 0.6) is 0 Å². The van der Waals surface area contributed by atoms with Gasteiger partial charge in [-0.1, -0.05) is 30.7 Å². The molecular weight excluding hydrogens is 210 g/mol. The summed E-state index contributed by atoms with van der Waals surface area (Å²) in [5, 5.41) is 3.62. The Bertz CT molecular complexity index is 369. The molecule has 2 atom stereocenters. The van der Waals surface area contributed by atoms with Crippen LogP contribution in [-0.4, -0.2) is 19.8 Å². The molecule has 0 aliphatic carbocycles. The number of ether oxygens (including phenoxy) is 1. The molecule has 0 spiro atoms. The summed E-state index contributed by atoms with van der Waals surface area (Å²) in [5.41, 5.74) is 4.17. The van der Waals surface area contributed by atoms with Gasteiger partial charge in [-0.3, -0.25) is 0 Å². The highest BCUT2D eigenvalue weighted by atomic mass is 16.5. The Morgan fingerprint density at radius 2 is 2.24 bits per heavy atom. The van der Waals surface area contributed by atoms with Gasteiger partial charge in [0, 0.05) is 18.6 Å². The molecule has 0 amide bonds. The van der Waals surface area contributed by atoms with Crippen molar-refractivity contribution in [2.24, 2.45) is 5.92 Å². The lowest BCUT2D eigenvalue weighted by molar-refractivity contribution is 0.177. The fourth-order valence-corrected chi connectivity index (χ4v) is 2.74. The molecule has 1 aliphatic rings. The molecule has 1 heterocycles. The van der Waals surface area contributed by atoms with Crippen LogP contribution in [0.1, 0.15) is 36.1 Å². The summed E-state index contributed by atoms with van der Waals surface area (Å²) in [6.45, 7) is 9.35. The van der Waals surface area contributed by atoms with Gasteiger partial charge in [-0.15, -0.1) is 0 Å². The normalized spacial score (nSPS) is 21.7. The summed E-state index contributed by atoms with van der Waals surface area (Å²) in [6, 6.07) is 7.21. The average Bonchev–Trinajstić information content (AvgIpc) is 2.80. The predicted octanol–water partition coefficient (Wildman–Crippen LogP) is 2.99. The second-order valence-corrected chi connectivity index (χ2v) is 5.02. The Hall–Kier alpha value is -0.860. The van der Waals surface area contributed by atoms with E-state index in [2.05, 4.69) is 44.3 Å². The van der Waals surface area contributed by atoms with Crippen LogP contribution in [0.15, 0.2) is 18.2 Å². The molecule has 0 saturated carbocycles. The van der Waals surface area contributed by atoms with E-state index < -0.39 is 0 Å². The first-order valence-electron chi connectivity index (χ1n) is 6.60. The smallest absolute Gasteiger partial charge is 0.0513 e. The van der Waals surface area contributed by atoms with Gasteiger partial charge < -0.3 is 10.1 Å². The third kappa shape index (κ3) is 2.88. The van der Waals surface area contributed by atoms with Gasteiger partial charge in [0.2, 0.25) is 0 Å². The molecule has 94 valence electrons.